The van der Waals surface area contributed by atoms with Crippen molar-refractivity contribution in [2.75, 3.05) is 6.61 Å². The molecule has 11 nitrogen and oxygen atoms in total. The van der Waals surface area contributed by atoms with E-state index in [2.05, 4.69) is 0 Å². The Morgan fingerprint density at radius 3 is 1.94 bits per heavy atom. The minimum Gasteiger partial charge on any atom is -0.504 e. The zero-order chi connectivity index (χ0) is 23.9. The maximum Gasteiger partial charge on any atom is 0.227 e. The first-order valence-corrected chi connectivity index (χ1v) is 10.7. The van der Waals surface area contributed by atoms with Gasteiger partial charge < -0.3 is 54.7 Å². The van der Waals surface area contributed by atoms with E-state index in [1.165, 1.54) is 24.3 Å². The SMILES string of the molecule is OC[C@H]1O[C@H]2O[C@@H]3Cc4c(c5cc(O)c(O)cc5c5cc(O)c(O)cc45)O[C@H]3O[C@@H]2[C@@H](O)[C@@H]1O. The highest BCUT2D eigenvalue weighted by atomic mass is 16.8. The summed E-state index contributed by atoms with van der Waals surface area (Å²) >= 11 is 0. The number of aliphatic hydroxyl groups excluding tert-OH is 3. The number of rotatable bonds is 1. The normalized spacial score (nSPS) is 32.6. The highest BCUT2D eigenvalue weighted by Crippen LogP contribution is 2.49. The van der Waals surface area contributed by atoms with Crippen LogP contribution in [0.5, 0.6) is 28.7 Å². The number of phenolic OH excluding ortho intramolecular Hbond substituents is 4. The molecule has 0 saturated carbocycles. The van der Waals surface area contributed by atoms with Gasteiger partial charge in [0.1, 0.15) is 36.3 Å². The monoisotopic (exact) mass is 474 g/mol. The predicted molar refractivity (Wildman–Crippen MR) is 114 cm³/mol. The van der Waals surface area contributed by atoms with Gasteiger partial charge in [0, 0.05) is 17.4 Å². The third kappa shape index (κ3) is 2.99. The molecule has 7 N–H and O–H groups in total. The lowest BCUT2D eigenvalue weighted by molar-refractivity contribution is -0.390. The first kappa shape index (κ1) is 21.5. The van der Waals surface area contributed by atoms with Crippen molar-refractivity contribution < 1.29 is 54.7 Å². The molecule has 11 heteroatoms. The third-order valence-electron chi connectivity index (χ3n) is 6.73. The lowest BCUT2D eigenvalue weighted by Crippen LogP contribution is -2.66. The van der Waals surface area contributed by atoms with E-state index < -0.39 is 49.7 Å². The number of fused-ring (bicyclic) bond motifs is 8. The average molecular weight is 474 g/mol. The maximum atomic E-state index is 10.5. The highest BCUT2D eigenvalue weighted by Gasteiger charge is 2.53. The lowest BCUT2D eigenvalue weighted by Gasteiger charge is -2.49. The Morgan fingerprint density at radius 2 is 1.29 bits per heavy atom. The van der Waals surface area contributed by atoms with Crippen molar-refractivity contribution in [1.29, 1.82) is 0 Å². The van der Waals surface area contributed by atoms with Gasteiger partial charge in [0.15, 0.2) is 29.3 Å². The van der Waals surface area contributed by atoms with Gasteiger partial charge in [-0.3, -0.25) is 0 Å². The second-order valence-corrected chi connectivity index (χ2v) is 8.75. The van der Waals surface area contributed by atoms with Crippen molar-refractivity contribution >= 4 is 21.5 Å². The molecule has 0 amide bonds. The van der Waals surface area contributed by atoms with Gasteiger partial charge in [0.05, 0.1) is 6.61 Å². The molecule has 6 rings (SSSR count). The predicted octanol–water partition coefficient (Wildman–Crippen LogP) is 0.299. The van der Waals surface area contributed by atoms with Gasteiger partial charge >= 0.3 is 0 Å². The molecule has 0 bridgehead atoms. The Hall–Kier alpha value is -3.06. The van der Waals surface area contributed by atoms with Crippen LogP contribution in [0.4, 0.5) is 0 Å². The van der Waals surface area contributed by atoms with E-state index in [9.17, 15) is 35.7 Å². The van der Waals surface area contributed by atoms with Crippen molar-refractivity contribution in [2.45, 2.75) is 49.5 Å². The Balaban J connectivity index is 1.49. The first-order valence-electron chi connectivity index (χ1n) is 10.7. The van der Waals surface area contributed by atoms with E-state index in [0.29, 0.717) is 32.9 Å². The van der Waals surface area contributed by atoms with Gasteiger partial charge in [-0.15, -0.1) is 0 Å². The molecule has 7 atom stereocenters. The minimum atomic E-state index is -1.39. The van der Waals surface area contributed by atoms with Crippen LogP contribution in [0.1, 0.15) is 5.56 Å². The smallest absolute Gasteiger partial charge is 0.227 e. The van der Waals surface area contributed by atoms with Gasteiger partial charge in [-0.25, -0.2) is 0 Å². The fourth-order valence-corrected chi connectivity index (χ4v) is 5.01. The Labute approximate surface area is 191 Å². The van der Waals surface area contributed by atoms with Crippen LogP contribution in [0.25, 0.3) is 21.5 Å². The number of hydrogen-bond acceptors (Lipinski definition) is 11. The van der Waals surface area contributed by atoms with E-state index in [1.54, 1.807) is 0 Å². The van der Waals surface area contributed by atoms with E-state index in [0.717, 1.165) is 0 Å². The van der Waals surface area contributed by atoms with Gasteiger partial charge in [-0.1, -0.05) is 0 Å². The number of phenols is 4. The summed E-state index contributed by atoms with van der Waals surface area (Å²) in [5, 5.41) is 72.5. The molecule has 2 fully saturated rings. The van der Waals surface area contributed by atoms with Crippen LogP contribution in [0.2, 0.25) is 0 Å². The number of aromatic hydroxyl groups is 4. The summed E-state index contributed by atoms with van der Waals surface area (Å²) < 4.78 is 23.6. The number of aliphatic hydroxyl groups is 3. The van der Waals surface area contributed by atoms with Crippen LogP contribution < -0.4 is 4.74 Å². The van der Waals surface area contributed by atoms with Gasteiger partial charge in [0.25, 0.3) is 0 Å². The molecule has 3 aliphatic rings. The van der Waals surface area contributed by atoms with E-state index in [4.69, 9.17) is 18.9 Å². The van der Waals surface area contributed by atoms with E-state index in [-0.39, 0.29) is 29.4 Å². The highest BCUT2D eigenvalue weighted by molar-refractivity contribution is 6.14. The van der Waals surface area contributed by atoms with Crippen molar-refractivity contribution in [3.8, 4) is 28.7 Å². The summed E-state index contributed by atoms with van der Waals surface area (Å²) in [6.07, 6.45) is -7.47. The summed E-state index contributed by atoms with van der Waals surface area (Å²) in [5.74, 6) is -1.14. The quantitative estimate of drug-likeness (QED) is 0.191. The van der Waals surface area contributed by atoms with E-state index in [1.807, 2.05) is 0 Å². The molecule has 0 spiro atoms. The molecule has 0 aliphatic carbocycles. The van der Waals surface area contributed by atoms with Crippen LogP contribution in [0, 0.1) is 0 Å². The molecule has 3 aromatic carbocycles. The van der Waals surface area contributed by atoms with Gasteiger partial charge in [-0.2, -0.15) is 0 Å². The molecule has 180 valence electrons. The van der Waals surface area contributed by atoms with Crippen molar-refractivity contribution in [1.82, 2.24) is 0 Å². The Morgan fingerprint density at radius 1 is 0.706 bits per heavy atom. The first-order chi connectivity index (χ1) is 16.3. The minimum absolute atomic E-state index is 0.216. The summed E-state index contributed by atoms with van der Waals surface area (Å²) in [4.78, 5) is 0. The molecule has 3 heterocycles. The number of ether oxygens (including phenoxy) is 4. The Bertz CT molecular complexity index is 1310. The van der Waals surface area contributed by atoms with Crippen molar-refractivity contribution in [3.05, 3.63) is 29.8 Å². The summed E-state index contributed by atoms with van der Waals surface area (Å²) in [5.41, 5.74) is 0.598. The molecular formula is C23H22O11. The van der Waals surface area contributed by atoms with Crippen LogP contribution in [0.3, 0.4) is 0 Å². The fraction of sp³-hybridized carbons (Fsp3) is 0.391. The zero-order valence-electron chi connectivity index (χ0n) is 17.5. The molecule has 0 radical (unpaired) electrons. The van der Waals surface area contributed by atoms with Gasteiger partial charge in [0.2, 0.25) is 6.29 Å². The van der Waals surface area contributed by atoms with Crippen LogP contribution in [-0.2, 0) is 20.6 Å². The molecule has 0 aromatic heterocycles. The topological polar surface area (TPSA) is 179 Å². The van der Waals surface area contributed by atoms with Crippen LogP contribution in [-0.4, -0.2) is 85.5 Å². The second kappa shape index (κ2) is 7.47. The number of hydrogen-bond donors (Lipinski definition) is 7. The summed E-state index contributed by atoms with van der Waals surface area (Å²) in [6.45, 7) is -0.520. The molecular weight excluding hydrogens is 452 g/mol. The Kier molecular flexibility index (Phi) is 4.72. The average Bonchev–Trinajstić information content (AvgIpc) is 2.82. The van der Waals surface area contributed by atoms with Crippen molar-refractivity contribution in [2.24, 2.45) is 0 Å². The second-order valence-electron chi connectivity index (χ2n) is 8.75. The number of benzene rings is 3. The molecule has 3 aliphatic heterocycles. The maximum absolute atomic E-state index is 10.5. The third-order valence-corrected chi connectivity index (χ3v) is 6.73. The molecule has 0 unspecified atom stereocenters. The summed E-state index contributed by atoms with van der Waals surface area (Å²) in [7, 11) is 0. The standard InChI is InChI=1S/C23H22O11/c24-6-17-18(29)19(30)21-23(32-17)31-16-5-11-9-3-13(26)12(25)1-7(9)8-2-14(27)15(28)4-10(8)20(11)33-22(16)34-21/h1-4,16-19,21-30H,5-6H2/t16-,17-,18-,19+,21-,22+,23-/m1/s1. The van der Waals surface area contributed by atoms with E-state index >= 15 is 0 Å². The zero-order valence-corrected chi connectivity index (χ0v) is 17.5. The van der Waals surface area contributed by atoms with Gasteiger partial charge in [-0.05, 0) is 40.4 Å². The largest absolute Gasteiger partial charge is 0.504 e. The molecule has 34 heavy (non-hydrogen) atoms. The fourth-order valence-electron chi connectivity index (χ4n) is 5.01. The van der Waals surface area contributed by atoms with Crippen molar-refractivity contribution in [3.63, 3.8) is 0 Å². The van der Waals surface area contributed by atoms with Crippen LogP contribution in [0.15, 0.2) is 24.3 Å². The summed E-state index contributed by atoms with van der Waals surface area (Å²) in [6, 6.07) is 5.39. The molecule has 3 aromatic rings. The molecule has 2 saturated heterocycles. The lowest BCUT2D eigenvalue weighted by atomic mass is 9.90. The van der Waals surface area contributed by atoms with Crippen LogP contribution >= 0.6 is 0 Å².